The third-order valence-electron chi connectivity index (χ3n) is 3.50. The molecule has 1 aliphatic rings. The molecular formula is C14H15ClFN3O. The van der Waals surface area contributed by atoms with Crippen LogP contribution in [0.25, 0.3) is 0 Å². The van der Waals surface area contributed by atoms with E-state index in [0.29, 0.717) is 6.61 Å². The topological polar surface area (TPSA) is 49.9 Å². The Morgan fingerprint density at radius 1 is 1.35 bits per heavy atom. The quantitative estimate of drug-likeness (QED) is 0.895. The van der Waals surface area contributed by atoms with E-state index in [2.05, 4.69) is 15.5 Å². The number of aromatic amines is 1. The molecule has 20 heavy (non-hydrogen) atoms. The number of aromatic nitrogens is 2. The van der Waals surface area contributed by atoms with Crippen molar-refractivity contribution >= 4 is 11.6 Å². The van der Waals surface area contributed by atoms with Gasteiger partial charge >= 0.3 is 0 Å². The molecule has 2 N–H and O–H groups in total. The van der Waals surface area contributed by atoms with E-state index in [9.17, 15) is 4.39 Å². The summed E-state index contributed by atoms with van der Waals surface area (Å²) in [6.07, 6.45) is 1.48. The molecule has 0 aliphatic carbocycles. The minimum atomic E-state index is -0.423. The number of hydrogen-bond donors (Lipinski definition) is 2. The maximum absolute atomic E-state index is 13.7. The van der Waals surface area contributed by atoms with Crippen LogP contribution in [-0.2, 0) is 4.74 Å². The van der Waals surface area contributed by atoms with Gasteiger partial charge in [-0.3, -0.25) is 5.10 Å². The molecule has 4 nitrogen and oxygen atoms in total. The Bertz CT molecular complexity index is 576. The zero-order valence-electron chi connectivity index (χ0n) is 10.8. The number of nitrogens with zero attached hydrogens (tertiary/aromatic N) is 1. The number of rotatable bonds is 2. The Morgan fingerprint density at radius 3 is 3.00 bits per heavy atom. The SMILES string of the molecule is Fc1cc([C@@H]2OCCNC[C@H]2c2ccn[nH]2)ccc1Cl. The molecule has 0 unspecified atom stereocenters. The maximum atomic E-state index is 13.7. The van der Waals surface area contributed by atoms with Crippen molar-refractivity contribution in [3.05, 3.63) is 52.6 Å². The van der Waals surface area contributed by atoms with Crippen LogP contribution in [0.15, 0.2) is 30.5 Å². The lowest BCUT2D eigenvalue weighted by atomic mass is 9.92. The van der Waals surface area contributed by atoms with Crippen LogP contribution < -0.4 is 5.32 Å². The van der Waals surface area contributed by atoms with Gasteiger partial charge in [0.05, 0.1) is 17.7 Å². The van der Waals surface area contributed by atoms with Crippen LogP contribution in [0.4, 0.5) is 4.39 Å². The molecule has 1 aromatic heterocycles. The fraction of sp³-hybridized carbons (Fsp3) is 0.357. The summed E-state index contributed by atoms with van der Waals surface area (Å²) in [5.41, 5.74) is 1.76. The zero-order chi connectivity index (χ0) is 13.9. The van der Waals surface area contributed by atoms with Crippen molar-refractivity contribution in [2.75, 3.05) is 19.7 Å². The number of ether oxygens (including phenoxy) is 1. The van der Waals surface area contributed by atoms with Crippen LogP contribution in [0.2, 0.25) is 5.02 Å². The van der Waals surface area contributed by atoms with Gasteiger partial charge in [-0.1, -0.05) is 17.7 Å². The summed E-state index contributed by atoms with van der Waals surface area (Å²) in [5, 5.41) is 10.4. The molecule has 3 rings (SSSR count). The van der Waals surface area contributed by atoms with Crippen LogP contribution >= 0.6 is 11.6 Å². The summed E-state index contributed by atoms with van der Waals surface area (Å²) in [4.78, 5) is 0. The molecule has 2 aromatic rings. The minimum absolute atomic E-state index is 0.0561. The highest BCUT2D eigenvalue weighted by atomic mass is 35.5. The van der Waals surface area contributed by atoms with Crippen LogP contribution in [0, 0.1) is 5.82 Å². The molecule has 0 saturated carbocycles. The largest absolute Gasteiger partial charge is 0.371 e. The van der Waals surface area contributed by atoms with Crippen LogP contribution in [0.3, 0.4) is 0 Å². The molecule has 0 bridgehead atoms. The molecule has 1 fully saturated rings. The molecule has 2 heterocycles. The highest BCUT2D eigenvalue weighted by Gasteiger charge is 2.29. The van der Waals surface area contributed by atoms with Crippen LogP contribution in [0.5, 0.6) is 0 Å². The van der Waals surface area contributed by atoms with Gasteiger partial charge in [-0.2, -0.15) is 5.10 Å². The van der Waals surface area contributed by atoms with Crippen molar-refractivity contribution in [1.82, 2.24) is 15.5 Å². The van der Waals surface area contributed by atoms with Crippen molar-refractivity contribution in [1.29, 1.82) is 0 Å². The highest BCUT2D eigenvalue weighted by molar-refractivity contribution is 6.30. The first-order valence-corrected chi connectivity index (χ1v) is 6.90. The first-order valence-electron chi connectivity index (χ1n) is 6.52. The lowest BCUT2D eigenvalue weighted by Gasteiger charge is -2.24. The number of benzene rings is 1. The van der Waals surface area contributed by atoms with Gasteiger partial charge in [0, 0.05) is 30.9 Å². The van der Waals surface area contributed by atoms with Crippen molar-refractivity contribution < 1.29 is 9.13 Å². The maximum Gasteiger partial charge on any atom is 0.142 e. The number of hydrogen-bond acceptors (Lipinski definition) is 3. The van der Waals surface area contributed by atoms with Gasteiger partial charge in [0.2, 0.25) is 0 Å². The molecule has 1 aromatic carbocycles. The lowest BCUT2D eigenvalue weighted by molar-refractivity contribution is 0.0504. The first kappa shape index (κ1) is 13.5. The summed E-state index contributed by atoms with van der Waals surface area (Å²) in [6, 6.07) is 6.74. The number of H-pyrrole nitrogens is 1. The summed E-state index contributed by atoms with van der Waals surface area (Å²) >= 11 is 5.74. The summed E-state index contributed by atoms with van der Waals surface area (Å²) in [6.45, 7) is 2.11. The van der Waals surface area contributed by atoms with Crippen LogP contribution in [-0.4, -0.2) is 29.9 Å². The fourth-order valence-electron chi connectivity index (χ4n) is 2.50. The second-order valence-corrected chi connectivity index (χ2v) is 5.19. The molecule has 0 amide bonds. The third-order valence-corrected chi connectivity index (χ3v) is 3.81. The summed E-state index contributed by atoms with van der Waals surface area (Å²) in [5.74, 6) is -0.367. The van der Waals surface area contributed by atoms with Crippen molar-refractivity contribution in [2.24, 2.45) is 0 Å². The monoisotopic (exact) mass is 295 g/mol. The predicted octanol–water partition coefficient (Wildman–Crippen LogP) is 2.65. The second kappa shape index (κ2) is 5.91. The molecule has 1 aliphatic heterocycles. The fourth-order valence-corrected chi connectivity index (χ4v) is 2.62. The Kier molecular flexibility index (Phi) is 4.00. The van der Waals surface area contributed by atoms with E-state index >= 15 is 0 Å². The summed E-state index contributed by atoms with van der Waals surface area (Å²) in [7, 11) is 0. The van der Waals surface area contributed by atoms with E-state index in [1.165, 1.54) is 6.07 Å². The molecule has 2 atom stereocenters. The molecule has 1 saturated heterocycles. The van der Waals surface area contributed by atoms with Gasteiger partial charge in [-0.05, 0) is 23.8 Å². The van der Waals surface area contributed by atoms with E-state index in [4.69, 9.17) is 16.3 Å². The normalized spacial score (nSPS) is 23.5. The van der Waals surface area contributed by atoms with Gasteiger partial charge in [0.25, 0.3) is 0 Å². The predicted molar refractivity (Wildman–Crippen MR) is 74.3 cm³/mol. The zero-order valence-corrected chi connectivity index (χ0v) is 11.5. The van der Waals surface area contributed by atoms with E-state index < -0.39 is 5.82 Å². The van der Waals surface area contributed by atoms with E-state index in [0.717, 1.165) is 24.3 Å². The Hall–Kier alpha value is -1.43. The smallest absolute Gasteiger partial charge is 0.142 e. The minimum Gasteiger partial charge on any atom is -0.371 e. The average molecular weight is 296 g/mol. The average Bonchev–Trinajstić information content (AvgIpc) is 2.87. The third kappa shape index (κ3) is 2.70. The number of halogens is 2. The van der Waals surface area contributed by atoms with Gasteiger partial charge in [-0.15, -0.1) is 0 Å². The van der Waals surface area contributed by atoms with Crippen molar-refractivity contribution in [2.45, 2.75) is 12.0 Å². The van der Waals surface area contributed by atoms with Gasteiger partial charge in [-0.25, -0.2) is 4.39 Å². The van der Waals surface area contributed by atoms with E-state index in [-0.39, 0.29) is 17.0 Å². The molecular weight excluding hydrogens is 281 g/mol. The number of nitrogens with one attached hydrogen (secondary N) is 2. The standard InChI is InChI=1S/C14H15ClFN3O/c15-11-2-1-9(7-12(11)16)14-10(8-17-5-6-20-14)13-3-4-18-19-13/h1-4,7,10,14,17H,5-6,8H2,(H,18,19)/t10-,14-/m0/s1. The first-order chi connectivity index (χ1) is 9.75. The van der Waals surface area contributed by atoms with E-state index in [1.807, 2.05) is 12.1 Å². The Balaban J connectivity index is 1.95. The van der Waals surface area contributed by atoms with Gasteiger partial charge in [0.1, 0.15) is 5.82 Å². The van der Waals surface area contributed by atoms with Crippen molar-refractivity contribution in [3.8, 4) is 0 Å². The van der Waals surface area contributed by atoms with Crippen molar-refractivity contribution in [3.63, 3.8) is 0 Å². The Morgan fingerprint density at radius 2 is 2.25 bits per heavy atom. The molecule has 6 heteroatoms. The van der Waals surface area contributed by atoms with E-state index in [1.54, 1.807) is 12.3 Å². The lowest BCUT2D eigenvalue weighted by Crippen LogP contribution is -2.23. The molecule has 106 valence electrons. The summed E-state index contributed by atoms with van der Waals surface area (Å²) < 4.78 is 19.6. The van der Waals surface area contributed by atoms with Crippen LogP contribution in [0.1, 0.15) is 23.3 Å². The molecule has 0 radical (unpaired) electrons. The second-order valence-electron chi connectivity index (χ2n) is 4.79. The highest BCUT2D eigenvalue weighted by Crippen LogP contribution is 2.35. The molecule has 0 spiro atoms. The van der Waals surface area contributed by atoms with Gasteiger partial charge in [0.15, 0.2) is 0 Å². The Labute approximate surface area is 121 Å². The van der Waals surface area contributed by atoms with Gasteiger partial charge < -0.3 is 10.1 Å².